The van der Waals surface area contributed by atoms with Crippen molar-refractivity contribution in [1.82, 2.24) is 4.98 Å². The Morgan fingerprint density at radius 1 is 0.964 bits per heavy atom. The van der Waals surface area contributed by atoms with E-state index in [2.05, 4.69) is 10.3 Å². The molecule has 7 heteroatoms. The summed E-state index contributed by atoms with van der Waals surface area (Å²) < 4.78 is 5.78. The monoisotopic (exact) mass is 430 g/mol. The summed E-state index contributed by atoms with van der Waals surface area (Å²) in [5, 5.41) is 4.31. The lowest BCUT2D eigenvalue weighted by Gasteiger charge is -2.09. The van der Waals surface area contributed by atoms with Crippen LogP contribution in [-0.2, 0) is 0 Å². The number of benzene rings is 3. The van der Waals surface area contributed by atoms with Crippen LogP contribution in [0, 0.1) is 6.92 Å². The first-order valence-corrected chi connectivity index (χ1v) is 9.47. The van der Waals surface area contributed by atoms with Crippen LogP contribution < -0.4 is 5.32 Å². The highest BCUT2D eigenvalue weighted by molar-refractivity contribution is 6.34. The second-order valence-electron chi connectivity index (χ2n) is 6.24. The molecule has 0 aliphatic carbocycles. The van der Waals surface area contributed by atoms with Gasteiger partial charge in [0, 0.05) is 21.2 Å². The number of hydrogen-bond acceptors (Lipinski definition) is 3. The summed E-state index contributed by atoms with van der Waals surface area (Å²) in [5.41, 5.74) is 3.73. The van der Waals surface area contributed by atoms with E-state index in [0.717, 1.165) is 5.56 Å². The Hall–Kier alpha value is -2.53. The van der Waals surface area contributed by atoms with Gasteiger partial charge in [-0.3, -0.25) is 4.79 Å². The molecule has 1 heterocycles. The van der Waals surface area contributed by atoms with Crippen molar-refractivity contribution in [2.24, 2.45) is 0 Å². The highest BCUT2D eigenvalue weighted by Gasteiger charge is 2.14. The molecular weight excluding hydrogens is 419 g/mol. The minimum Gasteiger partial charge on any atom is -0.436 e. The second kappa shape index (κ2) is 7.47. The van der Waals surface area contributed by atoms with Gasteiger partial charge in [0.05, 0.1) is 10.7 Å². The molecule has 1 N–H and O–H groups in total. The third-order valence-electron chi connectivity index (χ3n) is 4.25. The molecule has 0 spiro atoms. The van der Waals surface area contributed by atoms with E-state index >= 15 is 0 Å². The Morgan fingerprint density at radius 2 is 1.79 bits per heavy atom. The van der Waals surface area contributed by atoms with Crippen LogP contribution in [0.3, 0.4) is 0 Å². The molecule has 1 amide bonds. The average Bonchev–Trinajstić information content (AvgIpc) is 3.08. The van der Waals surface area contributed by atoms with E-state index in [-0.39, 0.29) is 5.91 Å². The lowest BCUT2D eigenvalue weighted by molar-refractivity contribution is 0.102. The zero-order valence-corrected chi connectivity index (χ0v) is 16.9. The molecule has 0 bridgehead atoms. The van der Waals surface area contributed by atoms with Gasteiger partial charge >= 0.3 is 0 Å². The van der Waals surface area contributed by atoms with Crippen LogP contribution in [0.4, 0.5) is 5.69 Å². The van der Waals surface area contributed by atoms with Gasteiger partial charge in [-0.15, -0.1) is 0 Å². The molecule has 28 heavy (non-hydrogen) atoms. The number of aromatic nitrogens is 1. The Labute approximate surface area is 176 Å². The number of carbonyl (C=O) groups is 1. The fourth-order valence-electron chi connectivity index (χ4n) is 2.71. The van der Waals surface area contributed by atoms with Crippen LogP contribution in [0.15, 0.2) is 59.0 Å². The van der Waals surface area contributed by atoms with Gasteiger partial charge in [-0.05, 0) is 61.0 Å². The van der Waals surface area contributed by atoms with E-state index in [1.54, 1.807) is 54.6 Å². The number of amides is 1. The van der Waals surface area contributed by atoms with Gasteiger partial charge in [0.15, 0.2) is 5.58 Å². The van der Waals surface area contributed by atoms with Crippen LogP contribution >= 0.6 is 34.8 Å². The zero-order valence-electron chi connectivity index (χ0n) is 14.6. The molecule has 0 aliphatic rings. The van der Waals surface area contributed by atoms with Gasteiger partial charge < -0.3 is 9.73 Å². The number of halogens is 3. The van der Waals surface area contributed by atoms with E-state index in [0.29, 0.717) is 48.9 Å². The predicted octanol–water partition coefficient (Wildman–Crippen LogP) is 7.02. The molecule has 0 unspecified atom stereocenters. The largest absolute Gasteiger partial charge is 0.436 e. The summed E-state index contributed by atoms with van der Waals surface area (Å²) in [4.78, 5) is 17.0. The van der Waals surface area contributed by atoms with Crippen molar-refractivity contribution in [3.05, 3.63) is 80.8 Å². The maximum absolute atomic E-state index is 12.6. The van der Waals surface area contributed by atoms with Crippen LogP contribution in [0.5, 0.6) is 0 Å². The molecule has 0 radical (unpaired) electrons. The topological polar surface area (TPSA) is 55.1 Å². The maximum Gasteiger partial charge on any atom is 0.255 e. The van der Waals surface area contributed by atoms with E-state index in [4.69, 9.17) is 39.2 Å². The Kier molecular flexibility index (Phi) is 5.02. The quantitative estimate of drug-likeness (QED) is 0.379. The SMILES string of the molecule is Cc1ccc(C(=O)Nc2cc(-c3nc4cc(Cl)ccc4o3)ccc2Cl)cc1Cl. The van der Waals surface area contributed by atoms with Crippen molar-refractivity contribution in [2.45, 2.75) is 6.92 Å². The van der Waals surface area contributed by atoms with E-state index in [9.17, 15) is 4.79 Å². The fraction of sp³-hybridized carbons (Fsp3) is 0.0476. The predicted molar refractivity (Wildman–Crippen MR) is 114 cm³/mol. The van der Waals surface area contributed by atoms with Gasteiger partial charge in [-0.2, -0.15) is 0 Å². The number of oxazole rings is 1. The minimum absolute atomic E-state index is 0.315. The fourth-order valence-corrected chi connectivity index (χ4v) is 3.22. The maximum atomic E-state index is 12.6. The molecule has 4 nitrogen and oxygen atoms in total. The van der Waals surface area contributed by atoms with Crippen molar-refractivity contribution in [1.29, 1.82) is 0 Å². The number of hydrogen-bond donors (Lipinski definition) is 1. The Balaban J connectivity index is 1.66. The van der Waals surface area contributed by atoms with Gasteiger partial charge in [0.1, 0.15) is 5.52 Å². The van der Waals surface area contributed by atoms with Crippen molar-refractivity contribution in [2.75, 3.05) is 5.32 Å². The molecule has 4 rings (SSSR count). The molecule has 3 aromatic carbocycles. The molecular formula is C21H13Cl3N2O2. The molecule has 140 valence electrons. The summed E-state index contributed by atoms with van der Waals surface area (Å²) in [6.45, 7) is 1.87. The normalized spacial score (nSPS) is 11.0. The summed E-state index contributed by atoms with van der Waals surface area (Å²) >= 11 is 18.4. The number of nitrogens with zero attached hydrogens (tertiary/aromatic N) is 1. The highest BCUT2D eigenvalue weighted by atomic mass is 35.5. The van der Waals surface area contributed by atoms with Gasteiger partial charge in [-0.1, -0.05) is 40.9 Å². The first-order chi connectivity index (χ1) is 13.4. The summed E-state index contributed by atoms with van der Waals surface area (Å²) in [6.07, 6.45) is 0. The van der Waals surface area contributed by atoms with Gasteiger partial charge in [-0.25, -0.2) is 4.98 Å². The first kappa shape index (κ1) is 18.8. The van der Waals surface area contributed by atoms with Crippen molar-refractivity contribution in [3.63, 3.8) is 0 Å². The number of aryl methyl sites for hydroxylation is 1. The number of anilines is 1. The molecule has 1 aromatic heterocycles. The van der Waals surface area contributed by atoms with E-state index in [1.165, 1.54) is 0 Å². The molecule has 0 saturated heterocycles. The van der Waals surface area contributed by atoms with Crippen molar-refractivity contribution >= 4 is 57.5 Å². The van der Waals surface area contributed by atoms with Crippen LogP contribution in [0.25, 0.3) is 22.6 Å². The lowest BCUT2D eigenvalue weighted by Crippen LogP contribution is -2.12. The molecule has 4 aromatic rings. The van der Waals surface area contributed by atoms with Gasteiger partial charge in [0.25, 0.3) is 5.91 Å². The minimum atomic E-state index is -0.315. The number of rotatable bonds is 3. The Bertz CT molecular complexity index is 1220. The Morgan fingerprint density at radius 3 is 2.57 bits per heavy atom. The zero-order chi connectivity index (χ0) is 19.8. The number of fused-ring (bicyclic) bond motifs is 1. The summed E-state index contributed by atoms with van der Waals surface area (Å²) in [5.74, 6) is 0.0908. The summed E-state index contributed by atoms with van der Waals surface area (Å²) in [6, 6.07) is 15.5. The summed E-state index contributed by atoms with van der Waals surface area (Å²) in [7, 11) is 0. The standard InChI is InChI=1S/C21H13Cl3N2O2/c1-11-2-3-12(8-16(11)24)20(27)25-17-9-13(4-6-15(17)23)21-26-18-10-14(22)5-7-19(18)28-21/h2-10H,1H3,(H,25,27). The second-order valence-corrected chi connectivity index (χ2v) is 7.49. The van der Waals surface area contributed by atoms with Crippen LogP contribution in [0.2, 0.25) is 15.1 Å². The molecule has 0 aliphatic heterocycles. The third-order valence-corrected chi connectivity index (χ3v) is 5.22. The smallest absolute Gasteiger partial charge is 0.255 e. The lowest BCUT2D eigenvalue weighted by atomic mass is 10.1. The number of nitrogens with one attached hydrogen (secondary N) is 1. The molecule has 0 saturated carbocycles. The average molecular weight is 432 g/mol. The van der Waals surface area contributed by atoms with E-state index < -0.39 is 0 Å². The number of carbonyl (C=O) groups excluding carboxylic acids is 1. The third kappa shape index (κ3) is 3.72. The highest BCUT2D eigenvalue weighted by Crippen LogP contribution is 2.31. The van der Waals surface area contributed by atoms with Crippen molar-refractivity contribution < 1.29 is 9.21 Å². The van der Waals surface area contributed by atoms with Crippen LogP contribution in [-0.4, -0.2) is 10.9 Å². The van der Waals surface area contributed by atoms with Gasteiger partial charge in [0.2, 0.25) is 5.89 Å². The first-order valence-electron chi connectivity index (χ1n) is 8.34. The molecule has 0 atom stereocenters. The van der Waals surface area contributed by atoms with Crippen molar-refractivity contribution in [3.8, 4) is 11.5 Å². The van der Waals surface area contributed by atoms with Crippen LogP contribution in [0.1, 0.15) is 15.9 Å². The van der Waals surface area contributed by atoms with E-state index in [1.807, 2.05) is 6.92 Å². The molecule has 0 fully saturated rings.